The van der Waals surface area contributed by atoms with Crippen LogP contribution in [0.3, 0.4) is 0 Å². The molecule has 1 fully saturated rings. The van der Waals surface area contributed by atoms with Crippen LogP contribution in [0.2, 0.25) is 0 Å². The van der Waals surface area contributed by atoms with Gasteiger partial charge in [-0.1, -0.05) is 25.7 Å². The molecule has 0 amide bonds. The molecule has 0 aromatic heterocycles. The lowest BCUT2D eigenvalue weighted by Gasteiger charge is -2.19. The van der Waals surface area contributed by atoms with Gasteiger partial charge in [-0.2, -0.15) is 0 Å². The lowest BCUT2D eigenvalue weighted by atomic mass is 9.89. The number of aliphatic hydroxyl groups excluding tert-OH is 1. The zero-order chi connectivity index (χ0) is 15.0. The molecule has 3 unspecified atom stereocenters. The second-order valence-corrected chi connectivity index (χ2v) is 5.78. The Morgan fingerprint density at radius 3 is 2.45 bits per heavy atom. The Morgan fingerprint density at radius 2 is 1.80 bits per heavy atom. The van der Waals surface area contributed by atoms with Gasteiger partial charge < -0.3 is 10.2 Å². The monoisotopic (exact) mass is 287 g/mol. The molecule has 20 heavy (non-hydrogen) atoms. The van der Waals surface area contributed by atoms with E-state index in [1.165, 1.54) is 0 Å². The van der Waals surface area contributed by atoms with Gasteiger partial charge in [0.05, 0.1) is 6.10 Å². The van der Waals surface area contributed by atoms with Gasteiger partial charge in [0.25, 0.3) is 0 Å². The van der Waals surface area contributed by atoms with Crippen molar-refractivity contribution in [1.82, 2.24) is 0 Å². The van der Waals surface area contributed by atoms with Crippen LogP contribution in [-0.4, -0.2) is 33.8 Å². The molecule has 1 aliphatic carbocycles. The van der Waals surface area contributed by atoms with Gasteiger partial charge in [-0.25, -0.2) is 0 Å². The summed E-state index contributed by atoms with van der Waals surface area (Å²) in [5.74, 6) is -0.659. The number of hydrogen-bond donors (Lipinski definition) is 2. The summed E-state index contributed by atoms with van der Waals surface area (Å²) in [4.78, 5) is 20.7. The predicted molar refractivity (Wildman–Crippen MR) is 74.0 cm³/mol. The molecule has 0 aliphatic heterocycles. The van der Waals surface area contributed by atoms with E-state index in [1.54, 1.807) is 0 Å². The summed E-state index contributed by atoms with van der Waals surface area (Å²) in [5, 5.41) is 29.0. The van der Waals surface area contributed by atoms with Crippen molar-refractivity contribution >= 4 is 5.97 Å². The summed E-state index contributed by atoms with van der Waals surface area (Å²) in [6.07, 6.45) is 6.72. The average Bonchev–Trinajstić information content (AvgIpc) is 2.68. The fraction of sp³-hybridized carbons (Fsp3) is 0.929. The Bertz CT molecular complexity index is 321. The number of carboxylic acids is 1. The minimum Gasteiger partial charge on any atom is -0.481 e. The third kappa shape index (κ3) is 6.32. The molecule has 116 valence electrons. The van der Waals surface area contributed by atoms with Gasteiger partial charge in [-0.15, -0.1) is 0 Å². The lowest BCUT2D eigenvalue weighted by molar-refractivity contribution is -0.489. The Kier molecular flexibility index (Phi) is 7.51. The molecule has 0 aromatic rings. The number of nitrogens with zero attached hydrogens (tertiary/aromatic N) is 1. The molecule has 0 bridgehead atoms. The van der Waals surface area contributed by atoms with Crippen molar-refractivity contribution in [2.75, 3.05) is 6.54 Å². The van der Waals surface area contributed by atoms with Gasteiger partial charge in [-0.3, -0.25) is 14.9 Å². The molecule has 0 radical (unpaired) electrons. The smallest absolute Gasteiger partial charge is 0.303 e. The maximum Gasteiger partial charge on any atom is 0.303 e. The molecule has 6 nitrogen and oxygen atoms in total. The Hall–Kier alpha value is -1.17. The topological polar surface area (TPSA) is 101 Å². The van der Waals surface area contributed by atoms with E-state index >= 15 is 0 Å². The van der Waals surface area contributed by atoms with Crippen molar-refractivity contribution in [2.24, 2.45) is 11.8 Å². The van der Waals surface area contributed by atoms with E-state index in [0.717, 1.165) is 38.5 Å². The van der Waals surface area contributed by atoms with E-state index in [0.29, 0.717) is 12.8 Å². The number of nitro groups is 1. The van der Waals surface area contributed by atoms with E-state index in [1.807, 2.05) is 0 Å². The number of carboxylic acid groups (broad SMARTS) is 1. The molecular formula is C14H25NO5. The van der Waals surface area contributed by atoms with Gasteiger partial charge in [0.1, 0.15) is 0 Å². The minimum absolute atomic E-state index is 0.0204. The van der Waals surface area contributed by atoms with Crippen LogP contribution in [-0.2, 0) is 4.79 Å². The first kappa shape index (κ1) is 16.9. The zero-order valence-corrected chi connectivity index (χ0v) is 11.9. The van der Waals surface area contributed by atoms with Crippen molar-refractivity contribution in [1.29, 1.82) is 0 Å². The van der Waals surface area contributed by atoms with E-state index in [-0.39, 0.29) is 35.8 Å². The Morgan fingerprint density at radius 1 is 1.15 bits per heavy atom. The second kappa shape index (κ2) is 8.89. The highest BCUT2D eigenvalue weighted by atomic mass is 16.6. The summed E-state index contributed by atoms with van der Waals surface area (Å²) in [6, 6.07) is 0. The van der Waals surface area contributed by atoms with Gasteiger partial charge >= 0.3 is 5.97 Å². The highest BCUT2D eigenvalue weighted by molar-refractivity contribution is 5.66. The van der Waals surface area contributed by atoms with E-state index in [9.17, 15) is 20.0 Å². The van der Waals surface area contributed by atoms with Crippen LogP contribution in [0.5, 0.6) is 0 Å². The van der Waals surface area contributed by atoms with Crippen molar-refractivity contribution < 1.29 is 19.9 Å². The number of hydrogen-bond acceptors (Lipinski definition) is 4. The molecule has 0 aromatic carbocycles. The second-order valence-electron chi connectivity index (χ2n) is 5.78. The molecule has 3 atom stereocenters. The first-order chi connectivity index (χ1) is 9.50. The number of carbonyl (C=O) groups is 1. The van der Waals surface area contributed by atoms with Crippen LogP contribution in [0.25, 0.3) is 0 Å². The first-order valence-corrected chi connectivity index (χ1v) is 7.52. The highest BCUT2D eigenvalue weighted by Crippen LogP contribution is 2.35. The fourth-order valence-corrected chi connectivity index (χ4v) is 3.16. The predicted octanol–water partition coefficient (Wildman–Crippen LogP) is 2.47. The third-order valence-corrected chi connectivity index (χ3v) is 4.24. The zero-order valence-electron chi connectivity index (χ0n) is 11.9. The maximum absolute atomic E-state index is 10.6. The highest BCUT2D eigenvalue weighted by Gasteiger charge is 2.37. The van der Waals surface area contributed by atoms with E-state index < -0.39 is 5.97 Å². The van der Waals surface area contributed by atoms with E-state index in [2.05, 4.69) is 0 Å². The summed E-state index contributed by atoms with van der Waals surface area (Å²) in [5.41, 5.74) is 0. The van der Waals surface area contributed by atoms with Gasteiger partial charge in [0.15, 0.2) is 0 Å². The summed E-state index contributed by atoms with van der Waals surface area (Å²) < 4.78 is 0. The molecule has 0 spiro atoms. The molecule has 0 saturated heterocycles. The Labute approximate surface area is 119 Å². The number of aliphatic carboxylic acids is 1. The van der Waals surface area contributed by atoms with Crippen molar-refractivity contribution in [3.63, 3.8) is 0 Å². The number of unbranched alkanes of at least 4 members (excludes halogenated alkanes) is 4. The first-order valence-electron chi connectivity index (χ1n) is 7.52. The molecule has 6 heteroatoms. The van der Waals surface area contributed by atoms with Crippen molar-refractivity contribution in [3.8, 4) is 0 Å². The molecule has 1 saturated carbocycles. The molecule has 0 heterocycles. The summed E-state index contributed by atoms with van der Waals surface area (Å²) >= 11 is 0. The molecule has 2 N–H and O–H groups in total. The largest absolute Gasteiger partial charge is 0.481 e. The number of rotatable bonds is 10. The Balaban J connectivity index is 2.12. The van der Waals surface area contributed by atoms with Gasteiger partial charge in [-0.05, 0) is 31.6 Å². The van der Waals surface area contributed by atoms with Crippen LogP contribution in [0, 0.1) is 22.0 Å². The quantitative estimate of drug-likeness (QED) is 0.365. The summed E-state index contributed by atoms with van der Waals surface area (Å²) in [6.45, 7) is -0.0274. The van der Waals surface area contributed by atoms with Crippen LogP contribution in [0.1, 0.15) is 57.8 Å². The van der Waals surface area contributed by atoms with Crippen LogP contribution in [0.15, 0.2) is 0 Å². The van der Waals surface area contributed by atoms with E-state index in [4.69, 9.17) is 5.11 Å². The minimum atomic E-state index is -0.748. The summed E-state index contributed by atoms with van der Waals surface area (Å²) in [7, 11) is 0. The van der Waals surface area contributed by atoms with Crippen LogP contribution in [0.4, 0.5) is 0 Å². The maximum atomic E-state index is 10.6. The van der Waals surface area contributed by atoms with Crippen molar-refractivity contribution in [3.05, 3.63) is 10.1 Å². The average molecular weight is 287 g/mol. The van der Waals surface area contributed by atoms with Crippen LogP contribution >= 0.6 is 0 Å². The molecular weight excluding hydrogens is 262 g/mol. The standard InChI is InChI=1S/C14H25NO5/c16-13-9-8-11(10-15(19)20)12(13)6-4-2-1-3-5-7-14(17)18/h11-13,16H,1-10H2,(H,17,18). The lowest BCUT2D eigenvalue weighted by Crippen LogP contribution is -2.24. The third-order valence-electron chi connectivity index (χ3n) is 4.24. The van der Waals surface area contributed by atoms with Crippen LogP contribution < -0.4 is 0 Å². The fourth-order valence-electron chi connectivity index (χ4n) is 3.16. The molecule has 1 rings (SSSR count). The SMILES string of the molecule is O=C(O)CCCCCCCC1C(O)CCC1C[N+](=O)[O-]. The number of aliphatic hydroxyl groups is 1. The van der Waals surface area contributed by atoms with Gasteiger partial charge in [0, 0.05) is 17.3 Å². The van der Waals surface area contributed by atoms with Crippen molar-refractivity contribution in [2.45, 2.75) is 63.9 Å². The van der Waals surface area contributed by atoms with Gasteiger partial charge in [0.2, 0.25) is 6.54 Å². The normalized spacial score (nSPS) is 25.8. The molecule has 1 aliphatic rings.